The molecule has 1 aromatic heterocycles. The number of carbonyl (C=O) groups excluding carboxylic acids is 2. The molecule has 21 heavy (non-hydrogen) atoms. The maximum atomic E-state index is 11.7. The number of carbonyl (C=O) groups is 2. The van der Waals surface area contributed by atoms with Gasteiger partial charge in [0.25, 0.3) is 0 Å². The number of ether oxygens (including phenoxy) is 2. The first-order valence-electron chi connectivity index (χ1n) is 6.89. The van der Waals surface area contributed by atoms with Crippen LogP contribution in [0.4, 0.5) is 10.6 Å². The van der Waals surface area contributed by atoms with Crippen LogP contribution in [-0.4, -0.2) is 52.9 Å². The molecule has 0 radical (unpaired) electrons. The molecule has 116 valence electrons. The lowest BCUT2D eigenvalue weighted by Crippen LogP contribution is -2.34. The number of hydrogen-bond acceptors (Lipinski definition) is 6. The van der Waals surface area contributed by atoms with Crippen LogP contribution in [0.3, 0.4) is 0 Å². The first kappa shape index (κ1) is 15.2. The van der Waals surface area contributed by atoms with Crippen LogP contribution in [0.25, 0.3) is 0 Å². The first-order valence-corrected chi connectivity index (χ1v) is 6.89. The highest BCUT2D eigenvalue weighted by Gasteiger charge is 2.16. The summed E-state index contributed by atoms with van der Waals surface area (Å²) in [5.41, 5.74) is 0. The lowest BCUT2D eigenvalue weighted by molar-refractivity contribution is -0.122. The van der Waals surface area contributed by atoms with Gasteiger partial charge < -0.3 is 14.8 Å². The van der Waals surface area contributed by atoms with Gasteiger partial charge in [-0.15, -0.1) is 5.10 Å². The van der Waals surface area contributed by atoms with E-state index in [1.807, 2.05) is 0 Å². The van der Waals surface area contributed by atoms with Crippen LogP contribution < -0.4 is 10.6 Å². The zero-order chi connectivity index (χ0) is 15.1. The third kappa shape index (κ3) is 5.03. The predicted octanol–water partition coefficient (Wildman–Crippen LogP) is 0.142. The maximum absolute atomic E-state index is 11.7. The zero-order valence-corrected chi connectivity index (χ0v) is 11.9. The Morgan fingerprint density at radius 2 is 2.43 bits per heavy atom. The second-order valence-corrected chi connectivity index (χ2v) is 4.54. The molecule has 2 heterocycles. The van der Waals surface area contributed by atoms with Crippen molar-refractivity contribution in [3.05, 3.63) is 6.20 Å². The van der Waals surface area contributed by atoms with Gasteiger partial charge in [-0.3, -0.25) is 10.1 Å². The predicted molar refractivity (Wildman–Crippen MR) is 72.7 cm³/mol. The van der Waals surface area contributed by atoms with E-state index in [4.69, 9.17) is 9.47 Å². The summed E-state index contributed by atoms with van der Waals surface area (Å²) in [6.07, 6.45) is 2.84. The molecule has 2 N–H and O–H groups in total. The number of nitrogens with one attached hydrogen (secondary N) is 2. The molecule has 2 rings (SSSR count). The van der Waals surface area contributed by atoms with Gasteiger partial charge in [0.2, 0.25) is 5.91 Å². The Balaban J connectivity index is 1.73. The molecule has 0 aliphatic carbocycles. The van der Waals surface area contributed by atoms with E-state index in [-0.39, 0.29) is 31.0 Å². The summed E-state index contributed by atoms with van der Waals surface area (Å²) in [6, 6.07) is 0. The summed E-state index contributed by atoms with van der Waals surface area (Å²) in [5, 5.41) is 13.0. The highest BCUT2D eigenvalue weighted by molar-refractivity contribution is 5.83. The van der Waals surface area contributed by atoms with E-state index >= 15 is 0 Å². The van der Waals surface area contributed by atoms with Crippen LogP contribution in [0.15, 0.2) is 6.20 Å². The standard InChI is InChI=1S/C12H19N5O4/c1-2-20-12(19)15-10-7-14-17(16-10)8-11(18)13-6-9-4-3-5-21-9/h7,9H,2-6,8H2,1H3,(H,13,18)(H,15,16,19). The molecule has 1 aromatic rings. The van der Waals surface area contributed by atoms with Crippen molar-refractivity contribution < 1.29 is 19.1 Å². The van der Waals surface area contributed by atoms with Gasteiger partial charge >= 0.3 is 6.09 Å². The van der Waals surface area contributed by atoms with Crippen molar-refractivity contribution in [3.8, 4) is 0 Å². The van der Waals surface area contributed by atoms with Gasteiger partial charge in [-0.2, -0.15) is 9.90 Å². The van der Waals surface area contributed by atoms with Gasteiger partial charge in [0.15, 0.2) is 5.82 Å². The number of nitrogens with zero attached hydrogens (tertiary/aromatic N) is 3. The highest BCUT2D eigenvalue weighted by Crippen LogP contribution is 2.10. The van der Waals surface area contributed by atoms with Crippen molar-refractivity contribution in [3.63, 3.8) is 0 Å². The Hall–Kier alpha value is -2.16. The Morgan fingerprint density at radius 3 is 3.14 bits per heavy atom. The van der Waals surface area contributed by atoms with Crippen molar-refractivity contribution in [2.75, 3.05) is 25.1 Å². The lowest BCUT2D eigenvalue weighted by Gasteiger charge is -2.10. The zero-order valence-electron chi connectivity index (χ0n) is 11.9. The number of amides is 2. The molecule has 1 fully saturated rings. The molecule has 9 heteroatoms. The highest BCUT2D eigenvalue weighted by atomic mass is 16.5. The van der Waals surface area contributed by atoms with E-state index in [1.165, 1.54) is 11.0 Å². The molecule has 1 aliphatic rings. The van der Waals surface area contributed by atoms with Gasteiger partial charge in [0, 0.05) is 13.2 Å². The molecule has 1 atom stereocenters. The third-order valence-corrected chi connectivity index (χ3v) is 2.88. The average Bonchev–Trinajstić information content (AvgIpc) is 3.08. The quantitative estimate of drug-likeness (QED) is 0.773. The minimum absolute atomic E-state index is 0.0166. The van der Waals surface area contributed by atoms with Gasteiger partial charge in [-0.25, -0.2) is 4.79 Å². The van der Waals surface area contributed by atoms with Crippen LogP contribution in [0.2, 0.25) is 0 Å². The van der Waals surface area contributed by atoms with E-state index in [0.29, 0.717) is 6.54 Å². The summed E-state index contributed by atoms with van der Waals surface area (Å²) in [7, 11) is 0. The minimum Gasteiger partial charge on any atom is -0.450 e. The molecule has 1 saturated heterocycles. The fraction of sp³-hybridized carbons (Fsp3) is 0.667. The van der Waals surface area contributed by atoms with E-state index in [2.05, 4.69) is 20.8 Å². The van der Waals surface area contributed by atoms with Crippen molar-refractivity contribution >= 4 is 17.8 Å². The fourth-order valence-electron chi connectivity index (χ4n) is 1.92. The van der Waals surface area contributed by atoms with Gasteiger partial charge in [0.1, 0.15) is 6.54 Å². The number of anilines is 1. The van der Waals surface area contributed by atoms with Crippen molar-refractivity contribution in [2.45, 2.75) is 32.4 Å². The topological polar surface area (TPSA) is 107 Å². The summed E-state index contributed by atoms with van der Waals surface area (Å²) in [4.78, 5) is 24.1. The van der Waals surface area contributed by atoms with Crippen LogP contribution in [0, 0.1) is 0 Å². The largest absolute Gasteiger partial charge is 0.450 e. The minimum atomic E-state index is -0.604. The number of hydrogen-bond donors (Lipinski definition) is 2. The smallest absolute Gasteiger partial charge is 0.412 e. The molecule has 0 bridgehead atoms. The summed E-state index contributed by atoms with van der Waals surface area (Å²) >= 11 is 0. The fourth-order valence-corrected chi connectivity index (χ4v) is 1.92. The van der Waals surface area contributed by atoms with E-state index in [1.54, 1.807) is 6.92 Å². The van der Waals surface area contributed by atoms with Crippen LogP contribution in [0.5, 0.6) is 0 Å². The second kappa shape index (κ2) is 7.58. The Kier molecular flexibility index (Phi) is 5.50. The third-order valence-electron chi connectivity index (χ3n) is 2.88. The van der Waals surface area contributed by atoms with E-state index < -0.39 is 6.09 Å². The average molecular weight is 297 g/mol. The summed E-state index contributed by atoms with van der Waals surface area (Å²) in [6.45, 7) is 3.20. The number of aromatic nitrogens is 3. The van der Waals surface area contributed by atoms with Crippen LogP contribution >= 0.6 is 0 Å². The van der Waals surface area contributed by atoms with Crippen LogP contribution in [0.1, 0.15) is 19.8 Å². The Morgan fingerprint density at radius 1 is 1.57 bits per heavy atom. The van der Waals surface area contributed by atoms with Gasteiger partial charge in [-0.1, -0.05) is 0 Å². The van der Waals surface area contributed by atoms with Crippen LogP contribution in [-0.2, 0) is 20.8 Å². The summed E-state index contributed by atoms with van der Waals surface area (Å²) < 4.78 is 10.1. The molecule has 1 unspecified atom stereocenters. The summed E-state index contributed by atoms with van der Waals surface area (Å²) in [5.74, 6) is 0.0316. The maximum Gasteiger partial charge on any atom is 0.412 e. The molecular weight excluding hydrogens is 278 g/mol. The molecule has 0 aromatic carbocycles. The van der Waals surface area contributed by atoms with Crippen molar-refractivity contribution in [2.24, 2.45) is 0 Å². The molecule has 9 nitrogen and oxygen atoms in total. The molecule has 2 amide bonds. The normalized spacial score (nSPS) is 17.5. The first-order chi connectivity index (χ1) is 10.2. The Labute approximate surface area is 122 Å². The van der Waals surface area contributed by atoms with Gasteiger partial charge in [0.05, 0.1) is 18.9 Å². The van der Waals surface area contributed by atoms with E-state index in [9.17, 15) is 9.59 Å². The number of rotatable bonds is 6. The monoisotopic (exact) mass is 297 g/mol. The molecular formula is C12H19N5O4. The van der Waals surface area contributed by atoms with Crippen molar-refractivity contribution in [1.29, 1.82) is 0 Å². The molecule has 0 spiro atoms. The Bertz CT molecular complexity index is 484. The second-order valence-electron chi connectivity index (χ2n) is 4.54. The van der Waals surface area contributed by atoms with Crippen molar-refractivity contribution in [1.82, 2.24) is 20.3 Å². The van der Waals surface area contributed by atoms with Gasteiger partial charge in [-0.05, 0) is 19.8 Å². The van der Waals surface area contributed by atoms with E-state index in [0.717, 1.165) is 19.4 Å². The molecule has 0 saturated carbocycles. The molecule has 1 aliphatic heterocycles. The lowest BCUT2D eigenvalue weighted by atomic mass is 10.2. The SMILES string of the molecule is CCOC(=O)Nc1cnn(CC(=O)NCC2CCCO2)n1.